The molecule has 1 aromatic heterocycles. The third-order valence-corrected chi connectivity index (χ3v) is 1.86. The molecular formula is C9H14N4O3. The summed E-state index contributed by atoms with van der Waals surface area (Å²) in [6.45, 7) is 4.16. The molecule has 0 aromatic carbocycles. The van der Waals surface area contributed by atoms with Crippen molar-refractivity contribution in [2.24, 2.45) is 5.73 Å². The zero-order valence-corrected chi connectivity index (χ0v) is 9.14. The predicted molar refractivity (Wildman–Crippen MR) is 55.7 cm³/mol. The van der Waals surface area contributed by atoms with E-state index in [2.05, 4.69) is 5.10 Å². The molecule has 0 saturated carbocycles. The first-order valence-corrected chi connectivity index (χ1v) is 4.82. The van der Waals surface area contributed by atoms with Crippen LogP contribution in [0.3, 0.4) is 0 Å². The number of aromatic nitrogens is 2. The van der Waals surface area contributed by atoms with Crippen LogP contribution in [0.4, 0.5) is 4.79 Å². The molecule has 1 aromatic rings. The lowest BCUT2D eigenvalue weighted by Gasteiger charge is -2.11. The fourth-order valence-corrected chi connectivity index (χ4v) is 1.06. The first kappa shape index (κ1) is 12.0. The first-order chi connectivity index (χ1) is 7.52. The number of nitrogens with one attached hydrogen (secondary N) is 1. The van der Waals surface area contributed by atoms with Gasteiger partial charge in [0.25, 0.3) is 5.91 Å². The number of urea groups is 1. The van der Waals surface area contributed by atoms with Gasteiger partial charge in [0.15, 0.2) is 11.9 Å². The monoisotopic (exact) mass is 226 g/mol. The number of imide groups is 1. The molecular weight excluding hydrogens is 212 g/mol. The molecule has 1 rings (SSSR count). The summed E-state index contributed by atoms with van der Waals surface area (Å²) in [4.78, 5) is 21.7. The zero-order chi connectivity index (χ0) is 12.1. The van der Waals surface area contributed by atoms with Gasteiger partial charge in [-0.3, -0.25) is 14.8 Å². The Balaban J connectivity index is 2.53. The molecule has 3 amide bonds. The highest BCUT2D eigenvalue weighted by Crippen LogP contribution is 2.10. The third kappa shape index (κ3) is 3.26. The predicted octanol–water partition coefficient (Wildman–Crippen LogP) is -0.135. The van der Waals surface area contributed by atoms with E-state index in [0.29, 0.717) is 12.3 Å². The average Bonchev–Trinajstić information content (AvgIpc) is 2.64. The van der Waals surface area contributed by atoms with Crippen LogP contribution in [0, 0.1) is 0 Å². The van der Waals surface area contributed by atoms with Gasteiger partial charge < -0.3 is 10.5 Å². The number of carbonyl (C=O) groups excluding carboxylic acids is 2. The molecule has 1 heterocycles. The fraction of sp³-hybridized carbons (Fsp3) is 0.444. The highest BCUT2D eigenvalue weighted by Gasteiger charge is 2.16. The van der Waals surface area contributed by atoms with Gasteiger partial charge in [0, 0.05) is 6.54 Å². The minimum atomic E-state index is -0.898. The van der Waals surface area contributed by atoms with Crippen LogP contribution in [-0.4, -0.2) is 27.8 Å². The molecule has 1 unspecified atom stereocenters. The van der Waals surface area contributed by atoms with E-state index < -0.39 is 18.0 Å². The Labute approximate surface area is 92.6 Å². The number of aryl methyl sites for hydroxylation is 1. The minimum absolute atomic E-state index is 0.467. The number of primary amides is 1. The van der Waals surface area contributed by atoms with E-state index in [1.54, 1.807) is 10.9 Å². The van der Waals surface area contributed by atoms with Crippen molar-refractivity contribution in [1.29, 1.82) is 0 Å². The molecule has 3 N–H and O–H groups in total. The van der Waals surface area contributed by atoms with E-state index in [1.165, 1.54) is 13.1 Å². The normalized spacial score (nSPS) is 11.9. The highest BCUT2D eigenvalue weighted by atomic mass is 16.5. The van der Waals surface area contributed by atoms with Gasteiger partial charge in [0.2, 0.25) is 0 Å². The molecule has 0 aliphatic carbocycles. The minimum Gasteiger partial charge on any atom is -0.478 e. The van der Waals surface area contributed by atoms with Crippen LogP contribution in [0.1, 0.15) is 13.8 Å². The van der Waals surface area contributed by atoms with Gasteiger partial charge in [-0.25, -0.2) is 4.79 Å². The molecule has 7 heteroatoms. The van der Waals surface area contributed by atoms with Crippen LogP contribution in [0.5, 0.6) is 5.75 Å². The second-order valence-corrected chi connectivity index (χ2v) is 3.15. The molecule has 0 bridgehead atoms. The van der Waals surface area contributed by atoms with Gasteiger partial charge in [0.05, 0.1) is 12.4 Å². The van der Waals surface area contributed by atoms with E-state index in [4.69, 9.17) is 10.5 Å². The van der Waals surface area contributed by atoms with Gasteiger partial charge in [-0.1, -0.05) is 0 Å². The Morgan fingerprint density at radius 2 is 2.38 bits per heavy atom. The molecule has 0 spiro atoms. The second-order valence-electron chi connectivity index (χ2n) is 3.15. The van der Waals surface area contributed by atoms with Gasteiger partial charge in [0.1, 0.15) is 0 Å². The van der Waals surface area contributed by atoms with Gasteiger partial charge >= 0.3 is 6.03 Å². The van der Waals surface area contributed by atoms with Crippen LogP contribution in [-0.2, 0) is 11.3 Å². The molecule has 0 aliphatic heterocycles. The third-order valence-electron chi connectivity index (χ3n) is 1.86. The Hall–Kier alpha value is -2.05. The maximum absolute atomic E-state index is 11.3. The number of hydrogen-bond acceptors (Lipinski definition) is 4. The van der Waals surface area contributed by atoms with Crippen molar-refractivity contribution in [2.75, 3.05) is 0 Å². The van der Waals surface area contributed by atoms with Crippen molar-refractivity contribution in [3.8, 4) is 5.75 Å². The summed E-state index contributed by atoms with van der Waals surface area (Å²) in [7, 11) is 0. The lowest BCUT2D eigenvalue weighted by molar-refractivity contribution is -0.126. The van der Waals surface area contributed by atoms with Gasteiger partial charge in [-0.15, -0.1) is 0 Å². The van der Waals surface area contributed by atoms with Crippen LogP contribution in [0.15, 0.2) is 12.4 Å². The summed E-state index contributed by atoms with van der Waals surface area (Å²) < 4.78 is 6.92. The van der Waals surface area contributed by atoms with Gasteiger partial charge in [-0.2, -0.15) is 5.10 Å². The van der Waals surface area contributed by atoms with Crippen molar-refractivity contribution in [2.45, 2.75) is 26.5 Å². The standard InChI is InChI=1S/C9H14N4O3/c1-3-13-5-7(4-11-13)16-6(2)8(14)12-9(10)15/h4-6H,3H2,1-2H3,(H3,10,12,14,15). The van der Waals surface area contributed by atoms with E-state index >= 15 is 0 Å². The molecule has 0 fully saturated rings. The molecule has 16 heavy (non-hydrogen) atoms. The van der Waals surface area contributed by atoms with Crippen molar-refractivity contribution in [3.63, 3.8) is 0 Å². The number of amides is 3. The SMILES string of the molecule is CCn1cc(OC(C)C(=O)NC(N)=O)cn1. The van der Waals surface area contributed by atoms with Crippen LogP contribution < -0.4 is 15.8 Å². The number of rotatable bonds is 4. The number of carbonyl (C=O) groups is 2. The molecule has 7 nitrogen and oxygen atoms in total. The summed E-state index contributed by atoms with van der Waals surface area (Å²) >= 11 is 0. The van der Waals surface area contributed by atoms with Crippen LogP contribution >= 0.6 is 0 Å². The lowest BCUT2D eigenvalue weighted by atomic mass is 10.4. The maximum atomic E-state index is 11.3. The largest absolute Gasteiger partial charge is 0.478 e. The topological polar surface area (TPSA) is 99.2 Å². The summed E-state index contributed by atoms with van der Waals surface area (Å²) in [5.74, 6) is -0.120. The number of nitrogens with zero attached hydrogens (tertiary/aromatic N) is 2. The van der Waals surface area contributed by atoms with E-state index in [1.807, 2.05) is 12.2 Å². The summed E-state index contributed by atoms with van der Waals surface area (Å²) in [6.07, 6.45) is 2.35. The number of nitrogens with two attached hydrogens (primary N) is 1. The van der Waals surface area contributed by atoms with Crippen molar-refractivity contribution in [3.05, 3.63) is 12.4 Å². The first-order valence-electron chi connectivity index (χ1n) is 4.82. The lowest BCUT2D eigenvalue weighted by Crippen LogP contribution is -2.42. The smallest absolute Gasteiger partial charge is 0.318 e. The Bertz CT molecular complexity index is 388. The summed E-state index contributed by atoms with van der Waals surface area (Å²) in [5, 5.41) is 5.91. The molecule has 0 aliphatic rings. The quantitative estimate of drug-likeness (QED) is 0.746. The van der Waals surface area contributed by atoms with Crippen LogP contribution in [0.2, 0.25) is 0 Å². The average molecular weight is 226 g/mol. The van der Waals surface area contributed by atoms with Crippen molar-refractivity contribution >= 4 is 11.9 Å². The van der Waals surface area contributed by atoms with Gasteiger partial charge in [-0.05, 0) is 13.8 Å². The molecule has 0 radical (unpaired) electrons. The zero-order valence-electron chi connectivity index (χ0n) is 9.14. The Kier molecular flexibility index (Phi) is 3.87. The van der Waals surface area contributed by atoms with Crippen LogP contribution in [0.25, 0.3) is 0 Å². The van der Waals surface area contributed by atoms with E-state index in [9.17, 15) is 9.59 Å². The second kappa shape index (κ2) is 5.15. The number of hydrogen-bond donors (Lipinski definition) is 2. The Morgan fingerprint density at radius 3 is 2.88 bits per heavy atom. The molecule has 1 atom stereocenters. The Morgan fingerprint density at radius 1 is 1.69 bits per heavy atom. The highest BCUT2D eigenvalue weighted by molar-refractivity contribution is 5.95. The van der Waals surface area contributed by atoms with Crippen molar-refractivity contribution in [1.82, 2.24) is 15.1 Å². The maximum Gasteiger partial charge on any atom is 0.318 e. The van der Waals surface area contributed by atoms with Crippen molar-refractivity contribution < 1.29 is 14.3 Å². The summed E-state index contributed by atoms with van der Waals surface area (Å²) in [6, 6.07) is -0.898. The summed E-state index contributed by atoms with van der Waals surface area (Å²) in [5.41, 5.74) is 4.81. The fourth-order valence-electron chi connectivity index (χ4n) is 1.06. The molecule has 0 saturated heterocycles. The number of ether oxygens (including phenoxy) is 1. The van der Waals surface area contributed by atoms with E-state index in [-0.39, 0.29) is 0 Å². The molecule has 88 valence electrons. The van der Waals surface area contributed by atoms with E-state index in [0.717, 1.165) is 0 Å².